The lowest BCUT2D eigenvalue weighted by molar-refractivity contribution is -0.195. The number of carbonyl (C=O) groups excluding carboxylic acids is 2. The van der Waals surface area contributed by atoms with Gasteiger partial charge in [-0.2, -0.15) is 0 Å². The Morgan fingerprint density at radius 1 is 1.00 bits per heavy atom. The number of rotatable bonds is 2. The molecule has 0 aliphatic heterocycles. The predicted octanol–water partition coefficient (Wildman–Crippen LogP) is 2.06. The summed E-state index contributed by atoms with van der Waals surface area (Å²) in [6.45, 7) is 1.91. The van der Waals surface area contributed by atoms with E-state index in [1.165, 1.54) is 19.3 Å². The molecule has 4 heteroatoms. The van der Waals surface area contributed by atoms with Crippen LogP contribution in [0.3, 0.4) is 0 Å². The molecule has 0 aromatic heterocycles. The van der Waals surface area contributed by atoms with E-state index >= 15 is 0 Å². The number of hydrogen-bond donors (Lipinski definition) is 0. The highest BCUT2D eigenvalue weighted by Crippen LogP contribution is 2.57. The third kappa shape index (κ3) is 2.02. The molecule has 4 fully saturated rings. The molecule has 4 rings (SSSR count). The van der Waals surface area contributed by atoms with Crippen molar-refractivity contribution in [2.45, 2.75) is 51.0 Å². The average Bonchev–Trinajstić information content (AvgIpc) is 2.26. The topological polar surface area (TPSA) is 52.6 Å². The Labute approximate surface area is 107 Å². The number of carbonyl (C=O) groups is 2. The Bertz CT molecular complexity index is 339. The first kappa shape index (κ1) is 12.0. The highest BCUT2D eigenvalue weighted by atomic mass is 16.6. The Hall–Kier alpha value is -1.06. The standard InChI is InChI=1S/C14H20O4/c1-2-17-12(15)13(16)18-14-6-9-3-10(7-14)5-11(4-9)8-14/h9-11H,2-8H2,1H3. The lowest BCUT2D eigenvalue weighted by atomic mass is 9.54. The summed E-state index contributed by atoms with van der Waals surface area (Å²) in [6, 6.07) is 0. The second-order valence-corrected chi connectivity index (χ2v) is 6.21. The minimum atomic E-state index is -0.840. The molecule has 0 saturated heterocycles. The van der Waals surface area contributed by atoms with Crippen molar-refractivity contribution >= 4 is 11.9 Å². The van der Waals surface area contributed by atoms with Gasteiger partial charge in [0.15, 0.2) is 0 Å². The summed E-state index contributed by atoms with van der Waals surface area (Å²) in [5, 5.41) is 0. The molecule has 100 valence electrons. The third-order valence-electron chi connectivity index (χ3n) is 4.73. The summed E-state index contributed by atoms with van der Waals surface area (Å²) in [4.78, 5) is 23.1. The summed E-state index contributed by atoms with van der Waals surface area (Å²) in [7, 11) is 0. The molecule has 0 radical (unpaired) electrons. The van der Waals surface area contributed by atoms with Crippen molar-refractivity contribution in [3.05, 3.63) is 0 Å². The molecule has 0 atom stereocenters. The molecule has 4 saturated carbocycles. The van der Waals surface area contributed by atoms with Gasteiger partial charge in [-0.15, -0.1) is 0 Å². The minimum absolute atomic E-state index is 0.217. The second kappa shape index (κ2) is 4.25. The van der Waals surface area contributed by atoms with Gasteiger partial charge in [-0.05, 0) is 63.2 Å². The maximum absolute atomic E-state index is 11.7. The molecule has 0 N–H and O–H groups in total. The number of esters is 2. The van der Waals surface area contributed by atoms with Gasteiger partial charge in [0.1, 0.15) is 5.60 Å². The van der Waals surface area contributed by atoms with Crippen molar-refractivity contribution in [2.24, 2.45) is 17.8 Å². The van der Waals surface area contributed by atoms with Gasteiger partial charge < -0.3 is 9.47 Å². The van der Waals surface area contributed by atoms with Crippen molar-refractivity contribution in [3.63, 3.8) is 0 Å². The summed E-state index contributed by atoms with van der Waals surface area (Å²) in [5.74, 6) is 0.468. The Morgan fingerprint density at radius 2 is 1.50 bits per heavy atom. The lowest BCUT2D eigenvalue weighted by Gasteiger charge is -2.55. The average molecular weight is 252 g/mol. The fourth-order valence-electron chi connectivity index (χ4n) is 4.58. The minimum Gasteiger partial charge on any atom is -0.458 e. The molecule has 0 spiro atoms. The van der Waals surface area contributed by atoms with E-state index in [-0.39, 0.29) is 12.2 Å². The van der Waals surface area contributed by atoms with Crippen LogP contribution in [0.25, 0.3) is 0 Å². The van der Waals surface area contributed by atoms with Crippen LogP contribution < -0.4 is 0 Å². The van der Waals surface area contributed by atoms with Crippen LogP contribution in [-0.2, 0) is 19.1 Å². The summed E-state index contributed by atoms with van der Waals surface area (Å²) in [6.07, 6.45) is 6.71. The van der Waals surface area contributed by atoms with Crippen molar-refractivity contribution in [2.75, 3.05) is 6.61 Å². The van der Waals surface area contributed by atoms with E-state index < -0.39 is 11.9 Å². The fraction of sp³-hybridized carbons (Fsp3) is 0.857. The SMILES string of the molecule is CCOC(=O)C(=O)OC12CC3CC(CC(C3)C1)C2. The van der Waals surface area contributed by atoms with E-state index in [9.17, 15) is 9.59 Å². The van der Waals surface area contributed by atoms with Gasteiger partial charge in [-0.25, -0.2) is 9.59 Å². The predicted molar refractivity (Wildman–Crippen MR) is 63.6 cm³/mol. The first-order valence-corrected chi connectivity index (χ1v) is 7.00. The van der Waals surface area contributed by atoms with E-state index in [0.29, 0.717) is 17.8 Å². The van der Waals surface area contributed by atoms with Crippen molar-refractivity contribution in [1.29, 1.82) is 0 Å². The molecule has 4 aliphatic carbocycles. The van der Waals surface area contributed by atoms with E-state index in [1.807, 2.05) is 0 Å². The van der Waals surface area contributed by atoms with Gasteiger partial charge in [0.05, 0.1) is 6.61 Å². The van der Waals surface area contributed by atoms with E-state index in [4.69, 9.17) is 9.47 Å². The maximum atomic E-state index is 11.7. The molecular weight excluding hydrogens is 232 g/mol. The summed E-state index contributed by atoms with van der Waals surface area (Å²) in [5.41, 5.74) is -0.349. The summed E-state index contributed by atoms with van der Waals surface area (Å²) < 4.78 is 10.3. The molecular formula is C14H20O4. The lowest BCUT2D eigenvalue weighted by Crippen LogP contribution is -2.53. The van der Waals surface area contributed by atoms with Crippen LogP contribution in [0.4, 0.5) is 0 Å². The zero-order valence-electron chi connectivity index (χ0n) is 10.8. The fourth-order valence-corrected chi connectivity index (χ4v) is 4.58. The quantitative estimate of drug-likeness (QED) is 0.557. The molecule has 4 bridgehead atoms. The van der Waals surface area contributed by atoms with Gasteiger partial charge >= 0.3 is 11.9 Å². The number of hydrogen-bond acceptors (Lipinski definition) is 4. The molecule has 0 heterocycles. The van der Waals surface area contributed by atoms with Gasteiger partial charge in [0, 0.05) is 0 Å². The van der Waals surface area contributed by atoms with Crippen LogP contribution in [0.1, 0.15) is 45.4 Å². The highest BCUT2D eigenvalue weighted by Gasteiger charge is 2.53. The largest absolute Gasteiger partial charge is 0.458 e. The molecule has 0 amide bonds. The maximum Gasteiger partial charge on any atom is 0.418 e. The smallest absolute Gasteiger partial charge is 0.418 e. The third-order valence-corrected chi connectivity index (χ3v) is 4.73. The van der Waals surface area contributed by atoms with Gasteiger partial charge in [0.2, 0.25) is 0 Å². The van der Waals surface area contributed by atoms with Crippen molar-refractivity contribution < 1.29 is 19.1 Å². The van der Waals surface area contributed by atoms with Crippen LogP contribution in [0.5, 0.6) is 0 Å². The van der Waals surface area contributed by atoms with Gasteiger partial charge in [-0.1, -0.05) is 0 Å². The summed E-state index contributed by atoms with van der Waals surface area (Å²) >= 11 is 0. The second-order valence-electron chi connectivity index (χ2n) is 6.21. The first-order chi connectivity index (χ1) is 8.60. The Morgan fingerprint density at radius 3 is 1.94 bits per heavy atom. The number of ether oxygens (including phenoxy) is 2. The Kier molecular flexibility index (Phi) is 2.83. The van der Waals surface area contributed by atoms with Crippen LogP contribution in [-0.4, -0.2) is 24.1 Å². The molecule has 4 aliphatic rings. The molecule has 0 aromatic carbocycles. The zero-order valence-corrected chi connectivity index (χ0v) is 10.8. The van der Waals surface area contributed by atoms with Gasteiger partial charge in [0.25, 0.3) is 0 Å². The highest BCUT2D eigenvalue weighted by molar-refractivity contribution is 6.29. The van der Waals surface area contributed by atoms with Crippen LogP contribution in [0, 0.1) is 17.8 Å². The van der Waals surface area contributed by atoms with E-state index in [0.717, 1.165) is 19.3 Å². The van der Waals surface area contributed by atoms with Gasteiger partial charge in [-0.3, -0.25) is 0 Å². The van der Waals surface area contributed by atoms with Crippen LogP contribution in [0.15, 0.2) is 0 Å². The first-order valence-electron chi connectivity index (χ1n) is 7.00. The zero-order chi connectivity index (χ0) is 12.8. The Balaban J connectivity index is 1.68. The molecule has 0 unspecified atom stereocenters. The van der Waals surface area contributed by atoms with Crippen LogP contribution in [0.2, 0.25) is 0 Å². The molecule has 0 aromatic rings. The van der Waals surface area contributed by atoms with Crippen molar-refractivity contribution in [1.82, 2.24) is 0 Å². The van der Waals surface area contributed by atoms with Crippen molar-refractivity contribution in [3.8, 4) is 0 Å². The van der Waals surface area contributed by atoms with Crippen LogP contribution >= 0.6 is 0 Å². The monoisotopic (exact) mass is 252 g/mol. The van der Waals surface area contributed by atoms with E-state index in [2.05, 4.69) is 0 Å². The molecule has 18 heavy (non-hydrogen) atoms. The molecule has 4 nitrogen and oxygen atoms in total. The van der Waals surface area contributed by atoms with E-state index in [1.54, 1.807) is 6.92 Å². The normalized spacial score (nSPS) is 40.6.